The minimum absolute atomic E-state index is 0.0737. The Hall–Kier alpha value is -1.81. The van der Waals surface area contributed by atoms with Crippen LogP contribution in [-0.2, 0) is 10.0 Å². The van der Waals surface area contributed by atoms with Crippen molar-refractivity contribution in [1.82, 2.24) is 24.2 Å². The monoisotopic (exact) mass is 396 g/mol. The van der Waals surface area contributed by atoms with Crippen molar-refractivity contribution in [2.45, 2.75) is 5.03 Å². The van der Waals surface area contributed by atoms with Gasteiger partial charge in [-0.15, -0.1) is 0 Å². The van der Waals surface area contributed by atoms with E-state index in [1.54, 1.807) is 31.6 Å². The molecule has 2 aromatic rings. The van der Waals surface area contributed by atoms with Gasteiger partial charge in [0.1, 0.15) is 0 Å². The Morgan fingerprint density at radius 1 is 1.08 bits per heavy atom. The molecule has 26 heavy (non-hydrogen) atoms. The van der Waals surface area contributed by atoms with Gasteiger partial charge in [-0.2, -0.15) is 4.31 Å². The Bertz CT molecular complexity index is 828. The largest absolute Gasteiger partial charge is 0.351 e. The highest BCUT2D eigenvalue weighted by molar-refractivity contribution is 7.89. The summed E-state index contributed by atoms with van der Waals surface area (Å²) in [6, 6.07) is 4.88. The third-order valence-corrected chi connectivity index (χ3v) is 6.39. The van der Waals surface area contributed by atoms with Crippen LogP contribution in [0.2, 0.25) is 5.15 Å². The Balaban J connectivity index is 1.52. The maximum absolute atomic E-state index is 12.5. The van der Waals surface area contributed by atoms with Gasteiger partial charge in [-0.25, -0.2) is 23.4 Å². The van der Waals surface area contributed by atoms with E-state index in [1.807, 2.05) is 0 Å². The molecule has 0 unspecified atom stereocenters. The SMILES string of the molecule is CN(CCN1CCN(c2nccnc2Cl)CC1)S(=O)(=O)c1ccccn1. The third-order valence-electron chi connectivity index (χ3n) is 4.35. The van der Waals surface area contributed by atoms with Crippen molar-refractivity contribution in [3.05, 3.63) is 41.9 Å². The van der Waals surface area contributed by atoms with E-state index in [9.17, 15) is 8.42 Å². The number of rotatable bonds is 6. The van der Waals surface area contributed by atoms with Crippen molar-refractivity contribution >= 4 is 27.4 Å². The van der Waals surface area contributed by atoms with Crippen LogP contribution in [0.3, 0.4) is 0 Å². The predicted octanol–water partition coefficient (Wildman–Crippen LogP) is 0.968. The second kappa shape index (κ2) is 8.26. The molecule has 0 aliphatic carbocycles. The fourth-order valence-electron chi connectivity index (χ4n) is 2.77. The summed E-state index contributed by atoms with van der Waals surface area (Å²) in [6.45, 7) is 4.23. The van der Waals surface area contributed by atoms with Crippen LogP contribution in [0.4, 0.5) is 5.82 Å². The number of nitrogens with zero attached hydrogens (tertiary/aromatic N) is 6. The van der Waals surface area contributed by atoms with Crippen molar-refractivity contribution < 1.29 is 8.42 Å². The molecule has 140 valence electrons. The van der Waals surface area contributed by atoms with Gasteiger partial charge in [0.15, 0.2) is 16.0 Å². The minimum atomic E-state index is -3.55. The lowest BCUT2D eigenvalue weighted by molar-refractivity contribution is 0.243. The first-order valence-electron chi connectivity index (χ1n) is 8.29. The van der Waals surface area contributed by atoms with E-state index >= 15 is 0 Å². The van der Waals surface area contributed by atoms with Crippen LogP contribution in [0, 0.1) is 0 Å². The maximum Gasteiger partial charge on any atom is 0.260 e. The molecule has 0 spiro atoms. The molecule has 0 amide bonds. The van der Waals surface area contributed by atoms with Crippen LogP contribution in [0.25, 0.3) is 0 Å². The van der Waals surface area contributed by atoms with Crippen molar-refractivity contribution in [3.8, 4) is 0 Å². The average Bonchev–Trinajstić information content (AvgIpc) is 2.67. The van der Waals surface area contributed by atoms with Crippen molar-refractivity contribution in [3.63, 3.8) is 0 Å². The second-order valence-corrected chi connectivity index (χ2v) is 8.34. The summed E-state index contributed by atoms with van der Waals surface area (Å²) in [5, 5.41) is 0.478. The third kappa shape index (κ3) is 4.29. The number of pyridine rings is 1. The van der Waals surface area contributed by atoms with Gasteiger partial charge >= 0.3 is 0 Å². The van der Waals surface area contributed by atoms with Gasteiger partial charge in [-0.05, 0) is 12.1 Å². The molecule has 8 nitrogen and oxygen atoms in total. The van der Waals surface area contributed by atoms with Crippen LogP contribution in [0.15, 0.2) is 41.8 Å². The minimum Gasteiger partial charge on any atom is -0.351 e. The molecule has 0 saturated carbocycles. The normalized spacial score (nSPS) is 16.2. The molecule has 0 N–H and O–H groups in total. The van der Waals surface area contributed by atoms with E-state index in [0.29, 0.717) is 24.1 Å². The van der Waals surface area contributed by atoms with Crippen LogP contribution in [0.1, 0.15) is 0 Å². The van der Waals surface area contributed by atoms with E-state index in [4.69, 9.17) is 11.6 Å². The quantitative estimate of drug-likeness (QED) is 0.719. The first kappa shape index (κ1) is 19.0. The molecule has 0 bridgehead atoms. The van der Waals surface area contributed by atoms with E-state index in [0.717, 1.165) is 26.2 Å². The Morgan fingerprint density at radius 3 is 2.46 bits per heavy atom. The number of hydrogen-bond donors (Lipinski definition) is 0. The number of aromatic nitrogens is 3. The number of anilines is 1. The molecule has 0 atom stereocenters. The molecule has 3 heterocycles. The van der Waals surface area contributed by atoms with Gasteiger partial charge in [0.2, 0.25) is 0 Å². The van der Waals surface area contributed by atoms with E-state index < -0.39 is 10.0 Å². The molecule has 10 heteroatoms. The molecule has 0 radical (unpaired) electrons. The average molecular weight is 397 g/mol. The molecular formula is C16H21ClN6O2S. The van der Waals surface area contributed by atoms with E-state index in [-0.39, 0.29) is 5.03 Å². The molecule has 3 rings (SSSR count). The van der Waals surface area contributed by atoms with E-state index in [1.165, 1.54) is 16.6 Å². The summed E-state index contributed by atoms with van der Waals surface area (Å²) in [6.07, 6.45) is 4.68. The Labute approximate surface area is 158 Å². The lowest BCUT2D eigenvalue weighted by Crippen LogP contribution is -2.49. The number of sulfonamides is 1. The summed E-state index contributed by atoms with van der Waals surface area (Å²) in [5.74, 6) is 0.698. The number of hydrogen-bond acceptors (Lipinski definition) is 7. The zero-order valence-electron chi connectivity index (χ0n) is 14.5. The van der Waals surface area contributed by atoms with Crippen molar-refractivity contribution in [2.75, 3.05) is 51.2 Å². The topological polar surface area (TPSA) is 82.5 Å². The molecule has 0 aromatic carbocycles. The fraction of sp³-hybridized carbons (Fsp3) is 0.438. The summed E-state index contributed by atoms with van der Waals surface area (Å²) in [5.41, 5.74) is 0. The first-order chi connectivity index (χ1) is 12.5. The standard InChI is InChI=1S/C16H21ClN6O2S/c1-21(26(24,25)14-4-2-3-5-18-14)8-9-22-10-12-23(13-11-22)16-15(17)19-6-7-20-16/h2-7H,8-13H2,1H3. The van der Waals surface area contributed by atoms with Gasteiger partial charge in [0.05, 0.1) is 0 Å². The maximum atomic E-state index is 12.5. The number of piperazine rings is 1. The summed E-state index contributed by atoms with van der Waals surface area (Å²) >= 11 is 6.10. The predicted molar refractivity (Wildman–Crippen MR) is 99.7 cm³/mol. The first-order valence-corrected chi connectivity index (χ1v) is 10.1. The van der Waals surface area contributed by atoms with Crippen molar-refractivity contribution in [1.29, 1.82) is 0 Å². The van der Waals surface area contributed by atoms with Gasteiger partial charge in [-0.3, -0.25) is 4.90 Å². The highest BCUT2D eigenvalue weighted by Gasteiger charge is 2.24. The van der Waals surface area contributed by atoms with Crippen LogP contribution in [-0.4, -0.2) is 78.9 Å². The summed E-state index contributed by atoms with van der Waals surface area (Å²) in [4.78, 5) is 16.6. The van der Waals surface area contributed by atoms with Gasteiger partial charge < -0.3 is 4.90 Å². The fourth-order valence-corrected chi connectivity index (χ4v) is 4.08. The number of likely N-dealkylation sites (N-methyl/N-ethyl adjacent to an activating group) is 1. The molecule has 1 fully saturated rings. The van der Waals surface area contributed by atoms with Gasteiger partial charge in [0, 0.05) is 64.9 Å². The molecule has 1 aliphatic heterocycles. The Morgan fingerprint density at radius 2 is 1.81 bits per heavy atom. The molecule has 1 saturated heterocycles. The lowest BCUT2D eigenvalue weighted by atomic mass is 10.3. The lowest BCUT2D eigenvalue weighted by Gasteiger charge is -2.35. The van der Waals surface area contributed by atoms with Gasteiger partial charge in [-0.1, -0.05) is 17.7 Å². The highest BCUT2D eigenvalue weighted by atomic mass is 35.5. The van der Waals surface area contributed by atoms with Crippen molar-refractivity contribution in [2.24, 2.45) is 0 Å². The Kier molecular flexibility index (Phi) is 6.02. The van der Waals surface area contributed by atoms with Crippen LogP contribution >= 0.6 is 11.6 Å². The molecule has 2 aromatic heterocycles. The van der Waals surface area contributed by atoms with Crippen LogP contribution in [0.5, 0.6) is 0 Å². The molecular weight excluding hydrogens is 376 g/mol. The van der Waals surface area contributed by atoms with E-state index in [2.05, 4.69) is 24.8 Å². The molecule has 1 aliphatic rings. The summed E-state index contributed by atoms with van der Waals surface area (Å²) < 4.78 is 26.3. The van der Waals surface area contributed by atoms with Gasteiger partial charge in [0.25, 0.3) is 10.0 Å². The zero-order chi connectivity index (χ0) is 18.6. The zero-order valence-corrected chi connectivity index (χ0v) is 16.1. The number of halogens is 1. The van der Waals surface area contributed by atoms with Crippen LogP contribution < -0.4 is 4.90 Å². The highest BCUT2D eigenvalue weighted by Crippen LogP contribution is 2.21. The summed E-state index contributed by atoms with van der Waals surface area (Å²) in [7, 11) is -1.97. The second-order valence-electron chi connectivity index (χ2n) is 5.99. The smallest absolute Gasteiger partial charge is 0.260 e.